The van der Waals surface area contributed by atoms with Crippen molar-refractivity contribution in [1.29, 1.82) is 0 Å². The molecule has 9 heteroatoms. The first-order valence-corrected chi connectivity index (χ1v) is 7.44. The number of para-hydroxylation sites is 1. The molecule has 90 valence electrons. The van der Waals surface area contributed by atoms with Gasteiger partial charge in [0.25, 0.3) is 14.4 Å². The van der Waals surface area contributed by atoms with Gasteiger partial charge in [0.15, 0.2) is 0 Å². The average molecular weight is 335 g/mol. The maximum Gasteiger partial charge on any atom is 0.291 e. The maximum absolute atomic E-state index is 11.9. The van der Waals surface area contributed by atoms with E-state index in [1.807, 2.05) is 0 Å². The Morgan fingerprint density at radius 1 is 1.29 bits per heavy atom. The second-order valence-corrected chi connectivity index (χ2v) is 6.71. The summed E-state index contributed by atoms with van der Waals surface area (Å²) in [6.07, 6.45) is 0. The van der Waals surface area contributed by atoms with E-state index in [0.29, 0.717) is 10.2 Å². The van der Waals surface area contributed by atoms with Crippen molar-refractivity contribution in [3.63, 3.8) is 0 Å². The molecule has 0 amide bonds. The van der Waals surface area contributed by atoms with Gasteiger partial charge >= 0.3 is 0 Å². The van der Waals surface area contributed by atoms with Crippen LogP contribution in [-0.4, -0.2) is 18.6 Å². The molecule has 0 aliphatic heterocycles. The molecular weight excluding hydrogens is 328 g/mol. The van der Waals surface area contributed by atoms with Crippen molar-refractivity contribution in [1.82, 2.24) is 10.2 Å². The summed E-state index contributed by atoms with van der Waals surface area (Å²) in [5.74, 6) is 0. The standard InChI is InChI=1S/C8H7BrN4O2S2/c9-5-3-1-2-4-6(5)13-17(14,15)8-12-11-7(10)16-8/h1-4,13H,(H2,10,11). The third kappa shape index (κ3) is 2.73. The summed E-state index contributed by atoms with van der Waals surface area (Å²) in [7, 11) is -3.73. The molecule has 6 nitrogen and oxygen atoms in total. The number of sulfonamides is 1. The van der Waals surface area contributed by atoms with E-state index in [1.165, 1.54) is 0 Å². The van der Waals surface area contributed by atoms with Gasteiger partial charge in [-0.15, -0.1) is 10.2 Å². The number of anilines is 2. The first-order valence-electron chi connectivity index (χ1n) is 4.35. The van der Waals surface area contributed by atoms with Gasteiger partial charge in [-0.3, -0.25) is 4.72 Å². The molecule has 2 aromatic rings. The van der Waals surface area contributed by atoms with Gasteiger partial charge in [-0.2, -0.15) is 8.42 Å². The van der Waals surface area contributed by atoms with Gasteiger partial charge in [-0.1, -0.05) is 23.5 Å². The molecule has 1 aromatic carbocycles. The number of halogens is 1. The van der Waals surface area contributed by atoms with E-state index in [0.717, 1.165) is 11.3 Å². The van der Waals surface area contributed by atoms with Crippen LogP contribution >= 0.6 is 27.3 Å². The Bertz CT molecular complexity index is 640. The smallest absolute Gasteiger partial charge is 0.291 e. The summed E-state index contributed by atoms with van der Waals surface area (Å²) in [6.45, 7) is 0. The lowest BCUT2D eigenvalue weighted by Crippen LogP contribution is -2.13. The molecule has 0 bridgehead atoms. The predicted molar refractivity (Wildman–Crippen MR) is 69.3 cm³/mol. The van der Waals surface area contributed by atoms with Crippen LogP contribution in [0.5, 0.6) is 0 Å². The van der Waals surface area contributed by atoms with Crippen LogP contribution in [0.4, 0.5) is 10.8 Å². The fourth-order valence-electron chi connectivity index (χ4n) is 1.06. The second kappa shape index (κ2) is 4.59. The van der Waals surface area contributed by atoms with Crippen LogP contribution in [0.1, 0.15) is 0 Å². The molecule has 17 heavy (non-hydrogen) atoms. The Kier molecular flexibility index (Phi) is 3.31. The minimum absolute atomic E-state index is 0.109. The number of nitrogens with two attached hydrogens (primary N) is 1. The lowest BCUT2D eigenvalue weighted by atomic mass is 10.3. The van der Waals surface area contributed by atoms with Crippen LogP contribution in [0.15, 0.2) is 33.1 Å². The van der Waals surface area contributed by atoms with Crippen molar-refractivity contribution < 1.29 is 8.42 Å². The highest BCUT2D eigenvalue weighted by molar-refractivity contribution is 9.10. The van der Waals surface area contributed by atoms with Crippen LogP contribution in [0.2, 0.25) is 0 Å². The van der Waals surface area contributed by atoms with Crippen molar-refractivity contribution in [2.75, 3.05) is 10.5 Å². The lowest BCUT2D eigenvalue weighted by Gasteiger charge is -2.06. The Hall–Kier alpha value is -1.19. The number of hydrogen-bond donors (Lipinski definition) is 2. The quantitative estimate of drug-likeness (QED) is 0.889. The summed E-state index contributed by atoms with van der Waals surface area (Å²) in [6, 6.07) is 6.86. The Morgan fingerprint density at radius 2 is 2.00 bits per heavy atom. The van der Waals surface area contributed by atoms with Crippen LogP contribution in [0.25, 0.3) is 0 Å². The monoisotopic (exact) mass is 334 g/mol. The summed E-state index contributed by atoms with van der Waals surface area (Å²) in [4.78, 5) is 0. The Balaban J connectivity index is 2.33. The topological polar surface area (TPSA) is 98.0 Å². The second-order valence-electron chi connectivity index (χ2n) is 2.99. The molecule has 0 unspecified atom stereocenters. The molecule has 0 radical (unpaired) electrons. The van der Waals surface area contributed by atoms with E-state index in [-0.39, 0.29) is 9.47 Å². The molecule has 0 spiro atoms. The van der Waals surface area contributed by atoms with Gasteiger partial charge in [-0.25, -0.2) is 0 Å². The first-order chi connectivity index (χ1) is 7.99. The maximum atomic E-state index is 11.9. The molecule has 1 aromatic heterocycles. The van der Waals surface area contributed by atoms with Crippen LogP contribution in [-0.2, 0) is 10.0 Å². The molecule has 0 aliphatic rings. The number of nitrogens with one attached hydrogen (secondary N) is 1. The minimum atomic E-state index is -3.73. The van der Waals surface area contributed by atoms with Gasteiger partial charge in [0.2, 0.25) is 5.13 Å². The molecule has 2 rings (SSSR count). The molecule has 0 atom stereocenters. The van der Waals surface area contributed by atoms with E-state index in [2.05, 4.69) is 30.8 Å². The molecular formula is C8H7BrN4O2S2. The fourth-order valence-corrected chi connectivity index (χ4v) is 3.44. The van der Waals surface area contributed by atoms with Crippen molar-refractivity contribution in [2.24, 2.45) is 0 Å². The molecule has 3 N–H and O–H groups in total. The number of nitrogen functional groups attached to an aromatic ring is 1. The number of aromatic nitrogens is 2. The van der Waals surface area contributed by atoms with Crippen molar-refractivity contribution >= 4 is 48.1 Å². The van der Waals surface area contributed by atoms with Gasteiger partial charge in [0, 0.05) is 4.47 Å². The summed E-state index contributed by atoms with van der Waals surface area (Å²) in [5.41, 5.74) is 5.77. The zero-order valence-corrected chi connectivity index (χ0v) is 11.5. The highest BCUT2D eigenvalue weighted by Gasteiger charge is 2.20. The largest absolute Gasteiger partial charge is 0.374 e. The van der Waals surface area contributed by atoms with Crippen molar-refractivity contribution in [3.8, 4) is 0 Å². The molecule has 0 aliphatic carbocycles. The summed E-state index contributed by atoms with van der Waals surface area (Å²) < 4.78 is 26.6. The van der Waals surface area contributed by atoms with Crippen molar-refractivity contribution in [2.45, 2.75) is 4.34 Å². The summed E-state index contributed by atoms with van der Waals surface area (Å²) >= 11 is 4.05. The zero-order valence-electron chi connectivity index (χ0n) is 8.29. The highest BCUT2D eigenvalue weighted by atomic mass is 79.9. The van der Waals surface area contributed by atoms with Crippen LogP contribution in [0.3, 0.4) is 0 Å². The number of benzene rings is 1. The SMILES string of the molecule is Nc1nnc(S(=O)(=O)Nc2ccccc2Br)s1. The summed E-state index contributed by atoms with van der Waals surface area (Å²) in [5, 5.41) is 7.06. The van der Waals surface area contributed by atoms with E-state index in [1.54, 1.807) is 24.3 Å². The third-order valence-corrected chi connectivity index (χ3v) is 4.95. The lowest BCUT2D eigenvalue weighted by molar-refractivity contribution is 0.599. The van der Waals surface area contributed by atoms with Gasteiger partial charge in [0.1, 0.15) is 0 Å². The predicted octanol–water partition coefficient (Wildman–Crippen LogP) is 1.68. The Morgan fingerprint density at radius 3 is 2.59 bits per heavy atom. The normalized spacial score (nSPS) is 11.4. The fraction of sp³-hybridized carbons (Fsp3) is 0. The zero-order chi connectivity index (χ0) is 12.5. The van der Waals surface area contributed by atoms with Crippen molar-refractivity contribution in [3.05, 3.63) is 28.7 Å². The van der Waals surface area contributed by atoms with E-state index >= 15 is 0 Å². The first kappa shape index (κ1) is 12.3. The molecule has 1 heterocycles. The minimum Gasteiger partial charge on any atom is -0.374 e. The molecule has 0 fully saturated rings. The van der Waals surface area contributed by atoms with Gasteiger partial charge in [0.05, 0.1) is 5.69 Å². The van der Waals surface area contributed by atoms with Gasteiger partial charge in [-0.05, 0) is 28.1 Å². The van der Waals surface area contributed by atoms with E-state index in [4.69, 9.17) is 5.73 Å². The number of rotatable bonds is 3. The van der Waals surface area contributed by atoms with E-state index < -0.39 is 10.0 Å². The molecule has 0 saturated carbocycles. The average Bonchev–Trinajstić information content (AvgIpc) is 2.69. The number of hydrogen-bond acceptors (Lipinski definition) is 6. The van der Waals surface area contributed by atoms with Crippen LogP contribution < -0.4 is 10.5 Å². The van der Waals surface area contributed by atoms with Crippen LogP contribution in [0, 0.1) is 0 Å². The number of nitrogens with zero attached hydrogens (tertiary/aromatic N) is 2. The van der Waals surface area contributed by atoms with Gasteiger partial charge < -0.3 is 5.73 Å². The third-order valence-electron chi connectivity index (χ3n) is 1.77. The Labute approximate surface area is 110 Å². The molecule has 0 saturated heterocycles. The van der Waals surface area contributed by atoms with E-state index in [9.17, 15) is 8.42 Å². The highest BCUT2D eigenvalue weighted by Crippen LogP contribution is 2.25.